The SMILES string of the molecule is CCCOCCC.[Na]. The van der Waals surface area contributed by atoms with Crippen LogP contribution in [-0.2, 0) is 4.74 Å². The molecular formula is C6H14NaO. The van der Waals surface area contributed by atoms with Crippen molar-refractivity contribution in [3.63, 3.8) is 0 Å². The number of ether oxygens (including phenoxy) is 1. The molecule has 0 bridgehead atoms. The topological polar surface area (TPSA) is 9.23 Å². The molecule has 0 saturated heterocycles. The first kappa shape index (κ1) is 11.7. The molecule has 1 nitrogen and oxygen atoms in total. The fraction of sp³-hybridized carbons (Fsp3) is 1.00. The van der Waals surface area contributed by atoms with Gasteiger partial charge >= 0.3 is 0 Å². The summed E-state index contributed by atoms with van der Waals surface area (Å²) in [6.07, 6.45) is 2.28. The summed E-state index contributed by atoms with van der Waals surface area (Å²) in [7, 11) is 0. The van der Waals surface area contributed by atoms with Crippen LogP contribution in [0.15, 0.2) is 0 Å². The Hall–Kier alpha value is 0.960. The largest absolute Gasteiger partial charge is 0.381 e. The maximum absolute atomic E-state index is 5.13. The predicted octanol–water partition coefficient (Wildman–Crippen LogP) is 1.44. The molecule has 0 unspecified atom stereocenters. The van der Waals surface area contributed by atoms with Crippen LogP contribution in [0.2, 0.25) is 0 Å². The Morgan fingerprint density at radius 2 is 1.38 bits per heavy atom. The van der Waals surface area contributed by atoms with Gasteiger partial charge in [0.1, 0.15) is 0 Å². The maximum atomic E-state index is 5.13. The first-order chi connectivity index (χ1) is 3.41. The molecular weight excluding hydrogens is 111 g/mol. The Morgan fingerprint density at radius 3 is 1.62 bits per heavy atom. The number of hydrogen-bond acceptors (Lipinski definition) is 1. The molecule has 0 aliphatic heterocycles. The van der Waals surface area contributed by atoms with Crippen LogP contribution < -0.4 is 0 Å². The van der Waals surface area contributed by atoms with Gasteiger partial charge in [-0.25, -0.2) is 0 Å². The van der Waals surface area contributed by atoms with E-state index in [9.17, 15) is 0 Å². The molecule has 2 heteroatoms. The molecule has 0 aliphatic rings. The molecule has 0 saturated carbocycles. The second-order valence-electron chi connectivity index (χ2n) is 1.61. The van der Waals surface area contributed by atoms with E-state index in [0.717, 1.165) is 26.1 Å². The minimum atomic E-state index is 0. The molecule has 0 aromatic carbocycles. The molecule has 0 aromatic rings. The van der Waals surface area contributed by atoms with E-state index in [0.29, 0.717) is 0 Å². The van der Waals surface area contributed by atoms with Crippen molar-refractivity contribution in [1.82, 2.24) is 0 Å². The van der Waals surface area contributed by atoms with Crippen LogP contribution in [0.25, 0.3) is 0 Å². The molecule has 8 heavy (non-hydrogen) atoms. The Morgan fingerprint density at radius 1 is 1.00 bits per heavy atom. The molecule has 0 aromatic heterocycles. The summed E-state index contributed by atoms with van der Waals surface area (Å²) in [6.45, 7) is 6.09. The zero-order valence-corrected chi connectivity index (χ0v) is 8.24. The van der Waals surface area contributed by atoms with E-state index in [2.05, 4.69) is 13.8 Å². The van der Waals surface area contributed by atoms with E-state index < -0.39 is 0 Å². The van der Waals surface area contributed by atoms with E-state index in [1.54, 1.807) is 0 Å². The fourth-order valence-electron chi connectivity index (χ4n) is 0.391. The zero-order valence-electron chi connectivity index (χ0n) is 6.24. The maximum Gasteiger partial charge on any atom is 0.0463 e. The van der Waals surface area contributed by atoms with Gasteiger partial charge in [-0.2, -0.15) is 0 Å². The summed E-state index contributed by atoms with van der Waals surface area (Å²) >= 11 is 0. The summed E-state index contributed by atoms with van der Waals surface area (Å²) in [5, 5.41) is 0. The van der Waals surface area contributed by atoms with E-state index in [1.165, 1.54) is 0 Å². The van der Waals surface area contributed by atoms with Gasteiger partial charge in [-0.3, -0.25) is 0 Å². The van der Waals surface area contributed by atoms with Gasteiger partial charge < -0.3 is 4.74 Å². The van der Waals surface area contributed by atoms with Gasteiger partial charge in [0.05, 0.1) is 0 Å². The second-order valence-corrected chi connectivity index (χ2v) is 1.61. The number of hydrogen-bond donors (Lipinski definition) is 0. The van der Waals surface area contributed by atoms with Gasteiger partial charge in [-0.15, -0.1) is 0 Å². The smallest absolute Gasteiger partial charge is 0.0463 e. The van der Waals surface area contributed by atoms with Gasteiger partial charge in [-0.1, -0.05) is 13.8 Å². The van der Waals surface area contributed by atoms with Crippen molar-refractivity contribution in [3.8, 4) is 0 Å². The van der Waals surface area contributed by atoms with Crippen molar-refractivity contribution in [2.45, 2.75) is 26.7 Å². The first-order valence-electron chi connectivity index (χ1n) is 2.99. The predicted molar refractivity (Wildman–Crippen MR) is 37.2 cm³/mol. The van der Waals surface area contributed by atoms with Gasteiger partial charge in [0.15, 0.2) is 0 Å². The molecule has 1 radical (unpaired) electrons. The number of rotatable bonds is 4. The summed E-state index contributed by atoms with van der Waals surface area (Å²) in [6, 6.07) is 0. The van der Waals surface area contributed by atoms with Crippen LogP contribution in [0.4, 0.5) is 0 Å². The Kier molecular flexibility index (Phi) is 15.9. The standard InChI is InChI=1S/C6H14O.Na/c1-3-5-7-6-4-2;/h3-6H2,1-2H3;. The summed E-state index contributed by atoms with van der Waals surface area (Å²) in [5.41, 5.74) is 0. The van der Waals surface area contributed by atoms with Crippen LogP contribution in [0.5, 0.6) is 0 Å². The normalized spacial score (nSPS) is 8.25. The van der Waals surface area contributed by atoms with E-state index in [1.807, 2.05) is 0 Å². The molecule has 0 rings (SSSR count). The summed E-state index contributed by atoms with van der Waals surface area (Å²) in [5.74, 6) is 0. The second kappa shape index (κ2) is 10.9. The molecule has 0 heterocycles. The van der Waals surface area contributed by atoms with Gasteiger partial charge in [0, 0.05) is 42.8 Å². The van der Waals surface area contributed by atoms with Crippen LogP contribution >= 0.6 is 0 Å². The van der Waals surface area contributed by atoms with Crippen molar-refractivity contribution >= 4 is 29.6 Å². The molecule has 0 fully saturated rings. The molecule has 0 atom stereocenters. The Labute approximate surface area is 74.1 Å². The van der Waals surface area contributed by atoms with Crippen molar-refractivity contribution in [2.24, 2.45) is 0 Å². The fourth-order valence-corrected chi connectivity index (χ4v) is 0.391. The van der Waals surface area contributed by atoms with Crippen LogP contribution in [0.3, 0.4) is 0 Å². The van der Waals surface area contributed by atoms with Crippen LogP contribution in [0, 0.1) is 0 Å². The molecule has 45 valence electrons. The van der Waals surface area contributed by atoms with Crippen LogP contribution in [0.1, 0.15) is 26.7 Å². The molecule has 0 amide bonds. The van der Waals surface area contributed by atoms with Crippen molar-refractivity contribution < 1.29 is 4.74 Å². The third-order valence-electron chi connectivity index (χ3n) is 0.697. The Bertz CT molecular complexity index is 27.7. The minimum absolute atomic E-state index is 0. The average molecular weight is 125 g/mol. The van der Waals surface area contributed by atoms with Crippen molar-refractivity contribution in [3.05, 3.63) is 0 Å². The Balaban J connectivity index is 0. The molecule has 0 spiro atoms. The minimum Gasteiger partial charge on any atom is -0.381 e. The van der Waals surface area contributed by atoms with Gasteiger partial charge in [0.2, 0.25) is 0 Å². The van der Waals surface area contributed by atoms with Crippen molar-refractivity contribution in [2.75, 3.05) is 13.2 Å². The van der Waals surface area contributed by atoms with E-state index in [4.69, 9.17) is 4.74 Å². The van der Waals surface area contributed by atoms with Gasteiger partial charge in [0.25, 0.3) is 0 Å². The quantitative estimate of drug-likeness (QED) is 0.408. The third kappa shape index (κ3) is 10.0. The molecule has 0 N–H and O–H groups in total. The van der Waals surface area contributed by atoms with Crippen molar-refractivity contribution in [1.29, 1.82) is 0 Å². The summed E-state index contributed by atoms with van der Waals surface area (Å²) < 4.78 is 5.13. The first-order valence-corrected chi connectivity index (χ1v) is 2.99. The molecule has 0 aliphatic carbocycles. The monoisotopic (exact) mass is 125 g/mol. The third-order valence-corrected chi connectivity index (χ3v) is 0.697. The average Bonchev–Trinajstić information content (AvgIpc) is 1.69. The van der Waals surface area contributed by atoms with E-state index >= 15 is 0 Å². The van der Waals surface area contributed by atoms with Gasteiger partial charge in [-0.05, 0) is 12.8 Å². The summed E-state index contributed by atoms with van der Waals surface area (Å²) in [4.78, 5) is 0. The van der Waals surface area contributed by atoms with Crippen LogP contribution in [-0.4, -0.2) is 42.8 Å². The zero-order chi connectivity index (χ0) is 5.54. The van der Waals surface area contributed by atoms with E-state index in [-0.39, 0.29) is 29.6 Å².